The van der Waals surface area contributed by atoms with Gasteiger partial charge in [-0.2, -0.15) is 0 Å². The Kier molecular flexibility index (Phi) is 9.08. The van der Waals surface area contributed by atoms with E-state index in [9.17, 15) is 0 Å². The minimum atomic E-state index is 0.664. The molecule has 0 bridgehead atoms. The van der Waals surface area contributed by atoms with Gasteiger partial charge in [-0.3, -0.25) is 0 Å². The molecular weight excluding hydrogens is 241 g/mol. The Balaban J connectivity index is 2.83. The zero-order valence-corrected chi connectivity index (χ0v) is 8.12. The molecule has 0 heterocycles. The van der Waals surface area contributed by atoms with Crippen LogP contribution < -0.4 is 0 Å². The van der Waals surface area contributed by atoms with Crippen molar-refractivity contribution in [2.24, 2.45) is 5.11 Å². The standard InChI is InChI=1S/C6H12IN3/c7-5-3-1-2-4-6-9-10-8/h1-6H2. The highest BCUT2D eigenvalue weighted by molar-refractivity contribution is 14.1. The Bertz CT molecular complexity index is 110. The van der Waals surface area contributed by atoms with Gasteiger partial charge < -0.3 is 0 Å². The summed E-state index contributed by atoms with van der Waals surface area (Å²) in [4.78, 5) is 2.68. The molecule has 0 fully saturated rings. The lowest BCUT2D eigenvalue weighted by Crippen LogP contribution is -1.81. The van der Waals surface area contributed by atoms with Gasteiger partial charge in [-0.15, -0.1) is 0 Å². The molecule has 0 radical (unpaired) electrons. The maximum atomic E-state index is 7.93. The van der Waals surface area contributed by atoms with E-state index in [1.807, 2.05) is 0 Å². The Morgan fingerprint density at radius 3 is 2.50 bits per heavy atom. The molecule has 0 aliphatic rings. The van der Waals surface area contributed by atoms with E-state index in [2.05, 4.69) is 32.6 Å². The summed E-state index contributed by atoms with van der Waals surface area (Å²) in [6.07, 6.45) is 4.80. The molecule has 0 aromatic rings. The molecule has 0 saturated carbocycles. The van der Waals surface area contributed by atoms with Crippen molar-refractivity contribution in [3.8, 4) is 0 Å². The molecule has 58 valence electrons. The molecule has 0 N–H and O–H groups in total. The molecule has 0 atom stereocenters. The third-order valence-electron chi connectivity index (χ3n) is 1.20. The fraction of sp³-hybridized carbons (Fsp3) is 1.00. The minimum absolute atomic E-state index is 0.664. The van der Waals surface area contributed by atoms with E-state index in [0.717, 1.165) is 6.42 Å². The lowest BCUT2D eigenvalue weighted by Gasteiger charge is -1.93. The smallest absolute Gasteiger partial charge is 0.0257 e. The van der Waals surface area contributed by atoms with E-state index in [0.29, 0.717) is 6.54 Å². The van der Waals surface area contributed by atoms with E-state index < -0.39 is 0 Å². The van der Waals surface area contributed by atoms with Crippen LogP contribution in [0.15, 0.2) is 5.11 Å². The molecule has 0 aliphatic carbocycles. The summed E-state index contributed by atoms with van der Waals surface area (Å²) in [6, 6.07) is 0. The molecule has 0 unspecified atom stereocenters. The molecule has 4 heteroatoms. The molecule has 0 spiro atoms. The topological polar surface area (TPSA) is 48.8 Å². The highest BCUT2D eigenvalue weighted by atomic mass is 127. The van der Waals surface area contributed by atoms with E-state index >= 15 is 0 Å². The lowest BCUT2D eigenvalue weighted by atomic mass is 10.2. The van der Waals surface area contributed by atoms with Gasteiger partial charge in [0.25, 0.3) is 0 Å². The lowest BCUT2D eigenvalue weighted by molar-refractivity contribution is 0.679. The molecule has 0 aromatic carbocycles. The summed E-state index contributed by atoms with van der Waals surface area (Å²) in [5, 5.41) is 3.45. The van der Waals surface area contributed by atoms with Gasteiger partial charge in [0, 0.05) is 11.5 Å². The van der Waals surface area contributed by atoms with Crippen molar-refractivity contribution < 1.29 is 0 Å². The van der Waals surface area contributed by atoms with Gasteiger partial charge in [-0.05, 0) is 22.8 Å². The molecule has 0 rings (SSSR count). The van der Waals surface area contributed by atoms with Crippen LogP contribution >= 0.6 is 22.6 Å². The van der Waals surface area contributed by atoms with Crippen molar-refractivity contribution in [2.75, 3.05) is 11.0 Å². The average Bonchev–Trinajstić information content (AvgIpc) is 1.97. The SMILES string of the molecule is [N-]=[N+]=NCCCCCCI. The fourth-order valence-electron chi connectivity index (χ4n) is 0.675. The van der Waals surface area contributed by atoms with Crippen LogP contribution in [0.3, 0.4) is 0 Å². The van der Waals surface area contributed by atoms with Gasteiger partial charge in [-0.25, -0.2) is 0 Å². The number of unbranched alkanes of at least 4 members (excludes halogenated alkanes) is 3. The Morgan fingerprint density at radius 1 is 1.20 bits per heavy atom. The Hall–Kier alpha value is 0.0400. The maximum absolute atomic E-state index is 7.93. The monoisotopic (exact) mass is 253 g/mol. The first-order valence-electron chi connectivity index (χ1n) is 3.48. The number of halogens is 1. The van der Waals surface area contributed by atoms with Crippen LogP contribution in [-0.2, 0) is 0 Å². The number of alkyl halides is 1. The summed E-state index contributed by atoms with van der Waals surface area (Å²) >= 11 is 2.37. The molecule has 0 saturated heterocycles. The first-order chi connectivity index (χ1) is 4.91. The third-order valence-corrected chi connectivity index (χ3v) is 1.97. The van der Waals surface area contributed by atoms with E-state index in [1.54, 1.807) is 0 Å². The number of rotatable bonds is 6. The van der Waals surface area contributed by atoms with Crippen molar-refractivity contribution in [2.45, 2.75) is 25.7 Å². The molecule has 0 aliphatic heterocycles. The Labute approximate surface area is 75.0 Å². The van der Waals surface area contributed by atoms with Crippen LogP contribution in [0.4, 0.5) is 0 Å². The zero-order valence-electron chi connectivity index (χ0n) is 5.96. The molecule has 3 nitrogen and oxygen atoms in total. The number of hydrogen-bond donors (Lipinski definition) is 0. The van der Waals surface area contributed by atoms with E-state index in [-0.39, 0.29) is 0 Å². The molecular formula is C6H12IN3. The number of nitrogens with zero attached hydrogens (tertiary/aromatic N) is 3. The van der Waals surface area contributed by atoms with Crippen LogP contribution in [0.5, 0.6) is 0 Å². The maximum Gasteiger partial charge on any atom is 0.0257 e. The second-order valence-corrected chi connectivity index (χ2v) is 3.14. The highest BCUT2D eigenvalue weighted by Gasteiger charge is 1.86. The van der Waals surface area contributed by atoms with E-state index in [1.165, 1.54) is 23.7 Å². The fourth-order valence-corrected chi connectivity index (χ4v) is 1.21. The first-order valence-corrected chi connectivity index (χ1v) is 5.01. The minimum Gasteiger partial charge on any atom is -0.0940 e. The van der Waals surface area contributed by atoms with Gasteiger partial charge in [0.05, 0.1) is 0 Å². The van der Waals surface area contributed by atoms with Gasteiger partial charge in [0.2, 0.25) is 0 Å². The summed E-state index contributed by atoms with van der Waals surface area (Å²) in [6.45, 7) is 0.664. The second kappa shape index (κ2) is 9.04. The first kappa shape index (κ1) is 10.0. The summed E-state index contributed by atoms with van der Waals surface area (Å²) in [7, 11) is 0. The summed E-state index contributed by atoms with van der Waals surface area (Å²) in [5.74, 6) is 0. The third kappa shape index (κ3) is 8.04. The number of hydrogen-bond acceptors (Lipinski definition) is 1. The van der Waals surface area contributed by atoms with Crippen molar-refractivity contribution >= 4 is 22.6 Å². The zero-order chi connectivity index (χ0) is 7.66. The van der Waals surface area contributed by atoms with Gasteiger partial charge in [0.1, 0.15) is 0 Å². The van der Waals surface area contributed by atoms with Crippen molar-refractivity contribution in [1.82, 2.24) is 0 Å². The van der Waals surface area contributed by atoms with Crippen LogP contribution in [0.25, 0.3) is 10.4 Å². The van der Waals surface area contributed by atoms with Crippen molar-refractivity contribution in [1.29, 1.82) is 0 Å². The normalized spacial score (nSPS) is 8.90. The Morgan fingerprint density at radius 2 is 1.90 bits per heavy atom. The van der Waals surface area contributed by atoms with Gasteiger partial charge >= 0.3 is 0 Å². The summed E-state index contributed by atoms with van der Waals surface area (Å²) in [5.41, 5.74) is 7.93. The van der Waals surface area contributed by atoms with Crippen LogP contribution in [0.2, 0.25) is 0 Å². The predicted octanol–water partition coefficient (Wildman–Crippen LogP) is 3.29. The summed E-state index contributed by atoms with van der Waals surface area (Å²) < 4.78 is 1.24. The molecule has 0 aromatic heterocycles. The number of azide groups is 1. The second-order valence-electron chi connectivity index (χ2n) is 2.06. The van der Waals surface area contributed by atoms with Crippen molar-refractivity contribution in [3.05, 3.63) is 10.4 Å². The van der Waals surface area contributed by atoms with Gasteiger partial charge in [0.15, 0.2) is 0 Å². The molecule has 0 amide bonds. The quantitative estimate of drug-likeness (QED) is 0.174. The van der Waals surface area contributed by atoms with Gasteiger partial charge in [-0.1, -0.05) is 40.5 Å². The van der Waals surface area contributed by atoms with Crippen LogP contribution in [0.1, 0.15) is 25.7 Å². The highest BCUT2D eigenvalue weighted by Crippen LogP contribution is 2.01. The van der Waals surface area contributed by atoms with Crippen LogP contribution in [-0.4, -0.2) is 11.0 Å². The van der Waals surface area contributed by atoms with Crippen LogP contribution in [0, 0.1) is 0 Å². The molecule has 10 heavy (non-hydrogen) atoms. The van der Waals surface area contributed by atoms with Crippen molar-refractivity contribution in [3.63, 3.8) is 0 Å². The largest absolute Gasteiger partial charge is 0.0940 e. The average molecular weight is 253 g/mol. The van der Waals surface area contributed by atoms with E-state index in [4.69, 9.17) is 5.53 Å². The predicted molar refractivity (Wildman–Crippen MR) is 51.4 cm³/mol.